The molecule has 0 aromatic carbocycles. The van der Waals surface area contributed by atoms with Crippen molar-refractivity contribution in [2.75, 3.05) is 0 Å². The van der Waals surface area contributed by atoms with Crippen LogP contribution in [0.2, 0.25) is 0 Å². The van der Waals surface area contributed by atoms with Crippen LogP contribution >= 0.6 is 0 Å². The number of carboxylic acids is 2. The topological polar surface area (TPSA) is 101 Å². The third-order valence-electron chi connectivity index (χ3n) is 2.07. The summed E-state index contributed by atoms with van der Waals surface area (Å²) in [6.45, 7) is 5.91. The van der Waals surface area contributed by atoms with E-state index >= 15 is 0 Å². The van der Waals surface area contributed by atoms with Gasteiger partial charge >= 0.3 is 17.9 Å². The third kappa shape index (κ3) is 4.10. The molecule has 6 nitrogen and oxygen atoms in total. The van der Waals surface area contributed by atoms with Gasteiger partial charge in [-0.05, 0) is 13.3 Å². The molecule has 6 heteroatoms. The van der Waals surface area contributed by atoms with Crippen LogP contribution in [0.1, 0.15) is 20.3 Å². The van der Waals surface area contributed by atoms with Crippen molar-refractivity contribution in [2.24, 2.45) is 0 Å². The van der Waals surface area contributed by atoms with Crippen LogP contribution in [0.4, 0.5) is 0 Å². The lowest BCUT2D eigenvalue weighted by atomic mass is 10.0. The van der Waals surface area contributed by atoms with E-state index in [-0.39, 0.29) is 12.0 Å². The van der Waals surface area contributed by atoms with Gasteiger partial charge in [-0.2, -0.15) is 0 Å². The molecule has 0 aliphatic heterocycles. The second kappa shape index (κ2) is 6.47. The van der Waals surface area contributed by atoms with E-state index in [1.165, 1.54) is 0 Å². The Morgan fingerprint density at radius 2 is 1.82 bits per heavy atom. The highest BCUT2D eigenvalue weighted by molar-refractivity contribution is 5.99. The molecule has 0 bridgehead atoms. The standard InChI is InChI=1S/C11H14O6/c1-4-7(17-8(12)5-2)9(11(15)16)6(3)10(13)14/h5,7H,2,4H2,1,3H3,(H,13,14)(H,15,16)/b9-6-. The number of hydrogen-bond acceptors (Lipinski definition) is 4. The summed E-state index contributed by atoms with van der Waals surface area (Å²) in [4.78, 5) is 32.7. The Balaban J connectivity index is 5.36. The van der Waals surface area contributed by atoms with Crippen LogP contribution in [0, 0.1) is 0 Å². The molecule has 0 saturated heterocycles. The molecule has 1 unspecified atom stereocenters. The van der Waals surface area contributed by atoms with Gasteiger partial charge in [0.15, 0.2) is 0 Å². The van der Waals surface area contributed by atoms with Crippen molar-refractivity contribution in [3.63, 3.8) is 0 Å². The Morgan fingerprint density at radius 1 is 1.29 bits per heavy atom. The summed E-state index contributed by atoms with van der Waals surface area (Å²) in [5, 5.41) is 17.7. The summed E-state index contributed by atoms with van der Waals surface area (Å²) in [5.74, 6) is -3.59. The summed E-state index contributed by atoms with van der Waals surface area (Å²) in [7, 11) is 0. The van der Waals surface area contributed by atoms with Crippen LogP contribution in [-0.2, 0) is 19.1 Å². The highest BCUT2D eigenvalue weighted by atomic mass is 16.5. The lowest BCUT2D eigenvalue weighted by molar-refractivity contribution is -0.144. The zero-order valence-corrected chi connectivity index (χ0v) is 9.60. The van der Waals surface area contributed by atoms with E-state index in [0.29, 0.717) is 0 Å². The molecule has 0 heterocycles. The van der Waals surface area contributed by atoms with E-state index in [0.717, 1.165) is 13.0 Å². The van der Waals surface area contributed by atoms with Crippen molar-refractivity contribution in [1.29, 1.82) is 0 Å². The molecular weight excluding hydrogens is 228 g/mol. The number of ether oxygens (including phenoxy) is 1. The summed E-state index contributed by atoms with van der Waals surface area (Å²) in [6, 6.07) is 0. The Bertz CT molecular complexity index is 379. The first-order valence-electron chi connectivity index (χ1n) is 4.85. The zero-order valence-electron chi connectivity index (χ0n) is 9.60. The van der Waals surface area contributed by atoms with Crippen molar-refractivity contribution < 1.29 is 29.3 Å². The van der Waals surface area contributed by atoms with Crippen molar-refractivity contribution >= 4 is 17.9 Å². The Kier molecular flexibility index (Phi) is 5.66. The van der Waals surface area contributed by atoms with Gasteiger partial charge < -0.3 is 14.9 Å². The number of aliphatic carboxylic acids is 2. The van der Waals surface area contributed by atoms with Crippen LogP contribution in [0.25, 0.3) is 0 Å². The second-order valence-corrected chi connectivity index (χ2v) is 3.19. The Hall–Kier alpha value is -2.11. The maximum Gasteiger partial charge on any atom is 0.335 e. The molecule has 1 atom stereocenters. The molecule has 0 fully saturated rings. The van der Waals surface area contributed by atoms with Crippen LogP contribution in [0.15, 0.2) is 23.8 Å². The fourth-order valence-corrected chi connectivity index (χ4v) is 1.19. The van der Waals surface area contributed by atoms with E-state index in [1.807, 2.05) is 0 Å². The number of esters is 1. The van der Waals surface area contributed by atoms with Gasteiger partial charge in [-0.3, -0.25) is 0 Å². The van der Waals surface area contributed by atoms with Gasteiger partial charge in [0.2, 0.25) is 0 Å². The predicted molar refractivity (Wildman–Crippen MR) is 58.3 cm³/mol. The number of carbonyl (C=O) groups excluding carboxylic acids is 1. The molecule has 0 saturated carbocycles. The number of carboxylic acid groups (broad SMARTS) is 2. The molecule has 0 amide bonds. The molecule has 17 heavy (non-hydrogen) atoms. The normalized spacial score (nSPS) is 13.3. The fraction of sp³-hybridized carbons (Fsp3) is 0.364. The van der Waals surface area contributed by atoms with E-state index in [2.05, 4.69) is 6.58 Å². The van der Waals surface area contributed by atoms with Crippen LogP contribution < -0.4 is 0 Å². The lowest BCUT2D eigenvalue weighted by Gasteiger charge is -2.17. The van der Waals surface area contributed by atoms with E-state index < -0.39 is 29.6 Å². The molecule has 94 valence electrons. The van der Waals surface area contributed by atoms with Gasteiger partial charge in [-0.1, -0.05) is 13.5 Å². The smallest absolute Gasteiger partial charge is 0.335 e. The molecule has 0 radical (unpaired) electrons. The largest absolute Gasteiger partial charge is 0.478 e. The van der Waals surface area contributed by atoms with E-state index in [1.54, 1.807) is 6.92 Å². The Labute approximate surface area is 98.2 Å². The predicted octanol–water partition coefficient (Wildman–Crippen LogP) is 0.980. The van der Waals surface area contributed by atoms with Gasteiger partial charge in [-0.25, -0.2) is 14.4 Å². The van der Waals surface area contributed by atoms with Crippen LogP contribution in [0.3, 0.4) is 0 Å². The molecule has 0 aromatic heterocycles. The van der Waals surface area contributed by atoms with Gasteiger partial charge in [0.1, 0.15) is 6.10 Å². The SMILES string of the molecule is C=CC(=O)OC(CC)/C(C(=O)O)=C(\C)C(=O)O. The first-order chi connectivity index (χ1) is 7.84. The first-order valence-corrected chi connectivity index (χ1v) is 4.85. The second-order valence-electron chi connectivity index (χ2n) is 3.19. The fourth-order valence-electron chi connectivity index (χ4n) is 1.19. The number of rotatable bonds is 6. The molecule has 2 N–H and O–H groups in total. The minimum Gasteiger partial charge on any atom is -0.478 e. The number of carbonyl (C=O) groups is 3. The highest BCUT2D eigenvalue weighted by Crippen LogP contribution is 2.16. The molecule has 0 aliphatic carbocycles. The van der Waals surface area contributed by atoms with Gasteiger partial charge in [0, 0.05) is 11.6 Å². The zero-order chi connectivity index (χ0) is 13.6. The van der Waals surface area contributed by atoms with Gasteiger partial charge in [-0.15, -0.1) is 0 Å². The maximum absolute atomic E-state index is 11.0. The quantitative estimate of drug-likeness (QED) is 0.531. The van der Waals surface area contributed by atoms with Crippen molar-refractivity contribution in [2.45, 2.75) is 26.4 Å². The summed E-state index contributed by atoms with van der Waals surface area (Å²) in [5.41, 5.74) is -0.795. The number of hydrogen-bond donors (Lipinski definition) is 2. The summed E-state index contributed by atoms with van der Waals surface area (Å²) < 4.78 is 4.78. The molecule has 0 aromatic rings. The highest BCUT2D eigenvalue weighted by Gasteiger charge is 2.27. The average Bonchev–Trinajstić information content (AvgIpc) is 2.26. The molecule has 0 spiro atoms. The van der Waals surface area contributed by atoms with Crippen molar-refractivity contribution in [1.82, 2.24) is 0 Å². The first kappa shape index (κ1) is 14.9. The van der Waals surface area contributed by atoms with Crippen LogP contribution in [-0.4, -0.2) is 34.2 Å². The molecule has 0 aliphatic rings. The lowest BCUT2D eigenvalue weighted by Crippen LogP contribution is -2.26. The van der Waals surface area contributed by atoms with Gasteiger partial charge in [0.05, 0.1) is 5.57 Å². The summed E-state index contributed by atoms with van der Waals surface area (Å²) >= 11 is 0. The average molecular weight is 242 g/mol. The minimum absolute atomic E-state index is 0.159. The van der Waals surface area contributed by atoms with Crippen LogP contribution in [0.5, 0.6) is 0 Å². The monoisotopic (exact) mass is 242 g/mol. The third-order valence-corrected chi connectivity index (χ3v) is 2.07. The maximum atomic E-state index is 11.0. The summed E-state index contributed by atoms with van der Waals surface area (Å²) in [6.07, 6.45) is -0.0570. The van der Waals surface area contributed by atoms with Crippen molar-refractivity contribution in [3.05, 3.63) is 23.8 Å². The Morgan fingerprint density at radius 3 is 2.12 bits per heavy atom. The van der Waals surface area contributed by atoms with E-state index in [4.69, 9.17) is 14.9 Å². The minimum atomic E-state index is -1.42. The van der Waals surface area contributed by atoms with Crippen molar-refractivity contribution in [3.8, 4) is 0 Å². The molecule has 0 rings (SSSR count). The van der Waals surface area contributed by atoms with E-state index in [9.17, 15) is 14.4 Å². The van der Waals surface area contributed by atoms with Gasteiger partial charge in [0.25, 0.3) is 0 Å². The molecular formula is C11H14O6.